The van der Waals surface area contributed by atoms with E-state index >= 15 is 0 Å². The van der Waals surface area contributed by atoms with Crippen molar-refractivity contribution in [3.63, 3.8) is 0 Å². The molecule has 4 heteroatoms. The fourth-order valence-electron chi connectivity index (χ4n) is 3.31. The van der Waals surface area contributed by atoms with Gasteiger partial charge in [0, 0.05) is 40.1 Å². The van der Waals surface area contributed by atoms with Gasteiger partial charge in [-0.2, -0.15) is 0 Å². The molecule has 0 saturated carbocycles. The summed E-state index contributed by atoms with van der Waals surface area (Å²) in [5, 5.41) is 5.89. The SMILES string of the molecule is CNC(C)C1CCCCN1c1nccc2c(Br)cccc12. The van der Waals surface area contributed by atoms with Crippen molar-refractivity contribution in [2.75, 3.05) is 18.5 Å². The van der Waals surface area contributed by atoms with Crippen molar-refractivity contribution in [2.24, 2.45) is 0 Å². The molecule has 1 saturated heterocycles. The number of hydrogen-bond donors (Lipinski definition) is 1. The maximum Gasteiger partial charge on any atom is 0.136 e. The summed E-state index contributed by atoms with van der Waals surface area (Å²) in [5.41, 5.74) is 0. The average molecular weight is 348 g/mol. The van der Waals surface area contributed by atoms with E-state index in [-0.39, 0.29) is 0 Å². The molecule has 0 bridgehead atoms. The van der Waals surface area contributed by atoms with Crippen LogP contribution in [0.5, 0.6) is 0 Å². The Morgan fingerprint density at radius 1 is 1.29 bits per heavy atom. The van der Waals surface area contributed by atoms with Gasteiger partial charge in [-0.1, -0.05) is 28.1 Å². The lowest BCUT2D eigenvalue weighted by Crippen LogP contribution is -2.50. The second kappa shape index (κ2) is 6.32. The van der Waals surface area contributed by atoms with E-state index in [0.717, 1.165) is 16.8 Å². The number of rotatable bonds is 3. The largest absolute Gasteiger partial charge is 0.352 e. The minimum atomic E-state index is 0.467. The van der Waals surface area contributed by atoms with Gasteiger partial charge in [-0.15, -0.1) is 0 Å². The zero-order valence-corrected chi connectivity index (χ0v) is 14.2. The van der Waals surface area contributed by atoms with Crippen LogP contribution >= 0.6 is 15.9 Å². The van der Waals surface area contributed by atoms with Gasteiger partial charge in [-0.25, -0.2) is 4.98 Å². The molecule has 1 aliphatic heterocycles. The summed E-state index contributed by atoms with van der Waals surface area (Å²) in [7, 11) is 2.05. The van der Waals surface area contributed by atoms with Gasteiger partial charge in [0.15, 0.2) is 0 Å². The smallest absolute Gasteiger partial charge is 0.136 e. The molecule has 1 N–H and O–H groups in total. The van der Waals surface area contributed by atoms with Crippen LogP contribution in [0.2, 0.25) is 0 Å². The second-order valence-corrected chi connectivity index (χ2v) is 6.66. The molecule has 3 rings (SSSR count). The van der Waals surface area contributed by atoms with Crippen LogP contribution in [0, 0.1) is 0 Å². The Kier molecular flexibility index (Phi) is 4.45. The fraction of sp³-hybridized carbons (Fsp3) is 0.471. The van der Waals surface area contributed by atoms with E-state index in [2.05, 4.69) is 57.3 Å². The Morgan fingerprint density at radius 3 is 2.95 bits per heavy atom. The fourth-order valence-corrected chi connectivity index (χ4v) is 3.81. The van der Waals surface area contributed by atoms with Crippen molar-refractivity contribution < 1.29 is 0 Å². The minimum absolute atomic E-state index is 0.467. The van der Waals surface area contributed by atoms with E-state index in [1.165, 1.54) is 30.0 Å². The number of fused-ring (bicyclic) bond motifs is 1. The number of aromatic nitrogens is 1. The van der Waals surface area contributed by atoms with E-state index in [1.807, 2.05) is 13.2 Å². The van der Waals surface area contributed by atoms with Crippen LogP contribution in [0.3, 0.4) is 0 Å². The van der Waals surface area contributed by atoms with Gasteiger partial charge in [0.1, 0.15) is 5.82 Å². The van der Waals surface area contributed by atoms with Gasteiger partial charge in [-0.3, -0.25) is 0 Å². The lowest BCUT2D eigenvalue weighted by atomic mass is 9.96. The Bertz CT molecular complexity index is 628. The molecule has 2 unspecified atom stereocenters. The number of likely N-dealkylation sites (N-methyl/N-ethyl adjacent to an activating group) is 1. The molecule has 112 valence electrons. The van der Waals surface area contributed by atoms with Gasteiger partial charge in [0.25, 0.3) is 0 Å². The van der Waals surface area contributed by atoms with Crippen molar-refractivity contribution in [3.8, 4) is 0 Å². The van der Waals surface area contributed by atoms with E-state index in [9.17, 15) is 0 Å². The van der Waals surface area contributed by atoms with Gasteiger partial charge < -0.3 is 10.2 Å². The third kappa shape index (κ3) is 2.79. The van der Waals surface area contributed by atoms with Crippen LogP contribution in [-0.4, -0.2) is 30.7 Å². The highest BCUT2D eigenvalue weighted by Gasteiger charge is 2.28. The van der Waals surface area contributed by atoms with E-state index < -0.39 is 0 Å². The molecule has 2 heterocycles. The summed E-state index contributed by atoms with van der Waals surface area (Å²) in [6, 6.07) is 9.44. The first kappa shape index (κ1) is 14.8. The average Bonchev–Trinajstić information content (AvgIpc) is 2.54. The number of nitrogens with one attached hydrogen (secondary N) is 1. The molecule has 3 nitrogen and oxygen atoms in total. The third-order valence-corrected chi connectivity index (χ3v) is 5.28. The summed E-state index contributed by atoms with van der Waals surface area (Å²) < 4.78 is 1.14. The Hall–Kier alpha value is -1.13. The minimum Gasteiger partial charge on any atom is -0.352 e. The van der Waals surface area contributed by atoms with Crippen LogP contribution in [0.25, 0.3) is 10.8 Å². The van der Waals surface area contributed by atoms with Crippen molar-refractivity contribution in [2.45, 2.75) is 38.3 Å². The van der Waals surface area contributed by atoms with Gasteiger partial charge in [-0.05, 0) is 45.4 Å². The molecule has 2 atom stereocenters. The first-order valence-electron chi connectivity index (χ1n) is 7.69. The molecule has 0 aliphatic carbocycles. The highest BCUT2D eigenvalue weighted by atomic mass is 79.9. The number of pyridine rings is 1. The molecule has 1 aromatic carbocycles. The summed E-state index contributed by atoms with van der Waals surface area (Å²) in [5.74, 6) is 1.13. The van der Waals surface area contributed by atoms with E-state index in [0.29, 0.717) is 12.1 Å². The lowest BCUT2D eigenvalue weighted by Gasteiger charge is -2.40. The maximum absolute atomic E-state index is 4.72. The maximum atomic E-state index is 4.72. The first-order chi connectivity index (χ1) is 10.2. The number of nitrogens with zero attached hydrogens (tertiary/aromatic N) is 2. The molecular weight excluding hydrogens is 326 g/mol. The number of anilines is 1. The standard InChI is InChI=1S/C17H22BrN3/c1-12(19-2)16-8-3-4-11-21(16)17-14-6-5-7-15(18)13(14)9-10-20-17/h5-7,9-10,12,16,19H,3-4,8,11H2,1-2H3. The predicted octanol–water partition coefficient (Wildman–Crippen LogP) is 3.96. The molecule has 0 radical (unpaired) electrons. The number of benzene rings is 1. The highest BCUT2D eigenvalue weighted by molar-refractivity contribution is 9.10. The van der Waals surface area contributed by atoms with Gasteiger partial charge >= 0.3 is 0 Å². The zero-order chi connectivity index (χ0) is 14.8. The topological polar surface area (TPSA) is 28.2 Å². The van der Waals surface area contributed by atoms with Crippen LogP contribution in [0.4, 0.5) is 5.82 Å². The molecule has 1 aromatic heterocycles. The summed E-state index contributed by atoms with van der Waals surface area (Å²) >= 11 is 3.65. The van der Waals surface area contributed by atoms with Crippen molar-refractivity contribution in [1.29, 1.82) is 0 Å². The summed E-state index contributed by atoms with van der Waals surface area (Å²) in [6.45, 7) is 3.36. The number of hydrogen-bond acceptors (Lipinski definition) is 3. The first-order valence-corrected chi connectivity index (χ1v) is 8.49. The zero-order valence-electron chi connectivity index (χ0n) is 12.6. The molecule has 1 fully saturated rings. The number of halogens is 1. The molecule has 21 heavy (non-hydrogen) atoms. The van der Waals surface area contributed by atoms with Gasteiger partial charge in [0.2, 0.25) is 0 Å². The summed E-state index contributed by atoms with van der Waals surface area (Å²) in [4.78, 5) is 7.22. The Labute approximate surface area is 134 Å². The van der Waals surface area contributed by atoms with Gasteiger partial charge in [0.05, 0.1) is 0 Å². The second-order valence-electron chi connectivity index (χ2n) is 5.80. The van der Waals surface area contributed by atoms with Crippen molar-refractivity contribution in [1.82, 2.24) is 10.3 Å². The molecule has 1 aliphatic rings. The van der Waals surface area contributed by atoms with Crippen LogP contribution in [-0.2, 0) is 0 Å². The molecule has 0 amide bonds. The van der Waals surface area contributed by atoms with E-state index in [1.54, 1.807) is 0 Å². The summed E-state index contributed by atoms with van der Waals surface area (Å²) in [6.07, 6.45) is 5.72. The van der Waals surface area contributed by atoms with E-state index in [4.69, 9.17) is 4.98 Å². The third-order valence-electron chi connectivity index (χ3n) is 4.59. The lowest BCUT2D eigenvalue weighted by molar-refractivity contribution is 0.381. The quantitative estimate of drug-likeness (QED) is 0.910. The Morgan fingerprint density at radius 2 is 2.14 bits per heavy atom. The highest BCUT2D eigenvalue weighted by Crippen LogP contribution is 2.33. The van der Waals surface area contributed by atoms with Crippen LogP contribution in [0.15, 0.2) is 34.9 Å². The normalized spacial score (nSPS) is 20.7. The molecule has 0 spiro atoms. The number of piperidine rings is 1. The monoisotopic (exact) mass is 347 g/mol. The molecular formula is C17H22BrN3. The molecule has 2 aromatic rings. The predicted molar refractivity (Wildman–Crippen MR) is 92.9 cm³/mol. The van der Waals surface area contributed by atoms with Crippen molar-refractivity contribution >= 4 is 32.5 Å². The van der Waals surface area contributed by atoms with Crippen molar-refractivity contribution in [3.05, 3.63) is 34.9 Å². The Balaban J connectivity index is 2.07. The van der Waals surface area contributed by atoms with Crippen LogP contribution in [0.1, 0.15) is 26.2 Å². The van der Waals surface area contributed by atoms with Crippen LogP contribution < -0.4 is 10.2 Å².